The van der Waals surface area contributed by atoms with Crippen LogP contribution in [0.4, 0.5) is 10.1 Å². The Kier molecular flexibility index (Phi) is 5.17. The zero-order chi connectivity index (χ0) is 22.1. The van der Waals surface area contributed by atoms with E-state index in [0.717, 1.165) is 16.9 Å². The van der Waals surface area contributed by atoms with Gasteiger partial charge in [0.25, 0.3) is 0 Å². The molecule has 4 rings (SSSR count). The molecule has 0 saturated carbocycles. The summed E-state index contributed by atoms with van der Waals surface area (Å²) >= 11 is 1.49. The summed E-state index contributed by atoms with van der Waals surface area (Å²) < 4.78 is 26.5. The average Bonchev–Trinajstić information content (AvgIpc) is 3.20. The summed E-state index contributed by atoms with van der Waals surface area (Å²) in [7, 11) is -0.630. The summed E-state index contributed by atoms with van der Waals surface area (Å²) in [5, 5.41) is 12.9. The molecule has 3 aliphatic rings. The molecule has 2 unspecified atom stereocenters. The van der Waals surface area contributed by atoms with Gasteiger partial charge in [0.05, 0.1) is 28.2 Å². The molecule has 1 aromatic carbocycles. The van der Waals surface area contributed by atoms with Crippen LogP contribution in [0.3, 0.4) is 0 Å². The fourth-order valence-electron chi connectivity index (χ4n) is 4.13. The minimum atomic E-state index is -0.630. The van der Waals surface area contributed by atoms with Gasteiger partial charge in [-0.3, -0.25) is 4.79 Å². The molecule has 2 atom stereocenters. The van der Waals surface area contributed by atoms with Crippen molar-refractivity contribution in [2.45, 2.75) is 76.9 Å². The van der Waals surface area contributed by atoms with Gasteiger partial charge in [-0.1, -0.05) is 19.9 Å². The quantitative estimate of drug-likeness (QED) is 0.713. The number of hydrogen-bond acceptors (Lipinski definition) is 5. The van der Waals surface area contributed by atoms with Crippen molar-refractivity contribution in [2.75, 3.05) is 5.32 Å². The van der Waals surface area contributed by atoms with E-state index in [-0.39, 0.29) is 22.3 Å². The molecule has 0 aromatic heterocycles. The third-order valence-corrected chi connectivity index (χ3v) is 8.16. The van der Waals surface area contributed by atoms with Gasteiger partial charge in [-0.2, -0.15) is 0 Å². The maximum absolute atomic E-state index is 14.4. The molecule has 162 valence electrons. The van der Waals surface area contributed by atoms with Crippen LogP contribution < -0.4 is 10.8 Å². The van der Waals surface area contributed by atoms with Crippen LogP contribution in [-0.4, -0.2) is 40.7 Å². The number of benzene rings is 1. The normalized spacial score (nSPS) is 28.7. The Balaban J connectivity index is 1.46. The molecule has 30 heavy (non-hydrogen) atoms. The topological polar surface area (TPSA) is 67.8 Å². The van der Waals surface area contributed by atoms with Crippen molar-refractivity contribution < 1.29 is 23.6 Å². The molecular formula is C22H29BFNO4S. The van der Waals surface area contributed by atoms with E-state index in [4.69, 9.17) is 9.31 Å². The lowest BCUT2D eigenvalue weighted by Crippen LogP contribution is -2.41. The standard InChI is InChI=1S/C22H29BFNO4S/c1-20(2)11-17-13(18(20)26)10-16(30-17)19(27)25-15-9-12(7-8-14(15)24)23-28-21(3,4)22(5,6)29-23/h7-9,16,18,26H,10-11H2,1-6H3,(H,25,27). The van der Waals surface area contributed by atoms with Crippen molar-refractivity contribution >= 4 is 35.9 Å². The van der Waals surface area contributed by atoms with Gasteiger partial charge in [0.15, 0.2) is 0 Å². The Labute approximate surface area is 181 Å². The van der Waals surface area contributed by atoms with Crippen LogP contribution in [0.1, 0.15) is 54.4 Å². The lowest BCUT2D eigenvalue weighted by Gasteiger charge is -2.32. The number of nitrogens with one attached hydrogen (secondary N) is 1. The largest absolute Gasteiger partial charge is 0.494 e. The number of thioether (sulfide) groups is 1. The minimum absolute atomic E-state index is 0.112. The van der Waals surface area contributed by atoms with Crippen LogP contribution in [0.15, 0.2) is 28.7 Å². The maximum atomic E-state index is 14.4. The Morgan fingerprint density at radius 2 is 1.83 bits per heavy atom. The first-order valence-corrected chi connectivity index (χ1v) is 11.2. The maximum Gasteiger partial charge on any atom is 0.494 e. The molecule has 0 bridgehead atoms. The predicted molar refractivity (Wildman–Crippen MR) is 118 cm³/mol. The van der Waals surface area contributed by atoms with Crippen molar-refractivity contribution in [3.05, 3.63) is 34.5 Å². The number of anilines is 1. The Hall–Kier alpha value is -1.35. The van der Waals surface area contributed by atoms with Crippen molar-refractivity contribution in [1.82, 2.24) is 0 Å². The molecule has 1 amide bonds. The van der Waals surface area contributed by atoms with E-state index < -0.39 is 30.2 Å². The summed E-state index contributed by atoms with van der Waals surface area (Å²) in [6.45, 7) is 11.9. The number of aliphatic hydroxyl groups is 1. The van der Waals surface area contributed by atoms with Gasteiger partial charge in [-0.15, -0.1) is 11.8 Å². The highest BCUT2D eigenvalue weighted by Gasteiger charge is 2.52. The fourth-order valence-corrected chi connectivity index (χ4v) is 5.70. The van der Waals surface area contributed by atoms with Gasteiger partial charge in [0.1, 0.15) is 5.82 Å². The zero-order valence-corrected chi connectivity index (χ0v) is 19.2. The summed E-state index contributed by atoms with van der Waals surface area (Å²) in [5.41, 5.74) is 0.523. The van der Waals surface area contributed by atoms with Gasteiger partial charge in [0.2, 0.25) is 5.91 Å². The van der Waals surface area contributed by atoms with Crippen molar-refractivity contribution in [1.29, 1.82) is 0 Å². The number of carbonyl (C=O) groups is 1. The van der Waals surface area contributed by atoms with Gasteiger partial charge >= 0.3 is 7.12 Å². The van der Waals surface area contributed by atoms with Gasteiger partial charge in [-0.05, 0) is 74.0 Å². The van der Waals surface area contributed by atoms with E-state index in [1.807, 2.05) is 41.5 Å². The summed E-state index contributed by atoms with van der Waals surface area (Å²) in [6.07, 6.45) is 0.736. The molecule has 2 aliphatic heterocycles. The number of rotatable bonds is 3. The second-order valence-corrected chi connectivity index (χ2v) is 11.4. The third kappa shape index (κ3) is 3.62. The highest BCUT2D eigenvalue weighted by molar-refractivity contribution is 8.04. The Morgan fingerprint density at radius 1 is 1.20 bits per heavy atom. The van der Waals surface area contributed by atoms with Gasteiger partial charge in [0, 0.05) is 0 Å². The zero-order valence-electron chi connectivity index (χ0n) is 18.3. The molecular weight excluding hydrogens is 404 g/mol. The molecule has 5 nitrogen and oxygen atoms in total. The molecule has 1 saturated heterocycles. The van der Waals surface area contributed by atoms with Crippen LogP contribution in [0.5, 0.6) is 0 Å². The molecule has 2 N–H and O–H groups in total. The van der Waals surface area contributed by atoms with Crippen molar-refractivity contribution in [3.63, 3.8) is 0 Å². The number of hydrogen-bond donors (Lipinski definition) is 2. The van der Waals surface area contributed by atoms with Crippen LogP contribution in [-0.2, 0) is 14.1 Å². The lowest BCUT2D eigenvalue weighted by molar-refractivity contribution is -0.115. The number of aliphatic hydroxyl groups excluding tert-OH is 1. The third-order valence-electron chi connectivity index (χ3n) is 6.80. The minimum Gasteiger partial charge on any atom is -0.399 e. The number of amides is 1. The Morgan fingerprint density at radius 3 is 2.43 bits per heavy atom. The molecule has 1 aliphatic carbocycles. The van der Waals surface area contributed by atoms with Gasteiger partial charge in [-0.25, -0.2) is 4.39 Å². The summed E-state index contributed by atoms with van der Waals surface area (Å²) in [4.78, 5) is 13.9. The van der Waals surface area contributed by atoms with E-state index in [9.17, 15) is 14.3 Å². The van der Waals surface area contributed by atoms with E-state index in [1.54, 1.807) is 12.1 Å². The monoisotopic (exact) mass is 433 g/mol. The van der Waals surface area contributed by atoms with Crippen molar-refractivity contribution in [3.8, 4) is 0 Å². The van der Waals surface area contributed by atoms with Crippen LogP contribution in [0.25, 0.3) is 0 Å². The van der Waals surface area contributed by atoms with Crippen LogP contribution in [0.2, 0.25) is 0 Å². The first-order valence-electron chi connectivity index (χ1n) is 10.3. The number of allylic oxidation sites excluding steroid dienone is 1. The number of carbonyl (C=O) groups excluding carboxylic acids is 1. The molecule has 0 spiro atoms. The first kappa shape index (κ1) is 21.9. The average molecular weight is 433 g/mol. The van der Waals surface area contributed by atoms with E-state index >= 15 is 0 Å². The number of halogens is 1. The van der Waals surface area contributed by atoms with E-state index in [0.29, 0.717) is 11.9 Å². The second-order valence-electron chi connectivity index (χ2n) is 10.1. The lowest BCUT2D eigenvalue weighted by atomic mass is 9.79. The van der Waals surface area contributed by atoms with E-state index in [2.05, 4.69) is 5.32 Å². The highest BCUT2D eigenvalue weighted by atomic mass is 32.2. The van der Waals surface area contributed by atoms with Crippen LogP contribution in [0, 0.1) is 11.2 Å². The molecule has 0 radical (unpaired) electrons. The summed E-state index contributed by atoms with van der Waals surface area (Å²) in [6, 6.07) is 4.52. The summed E-state index contributed by atoms with van der Waals surface area (Å²) in [5.74, 6) is -0.766. The Bertz CT molecular complexity index is 914. The predicted octanol–water partition coefficient (Wildman–Crippen LogP) is 3.61. The fraction of sp³-hybridized carbons (Fsp3) is 0.591. The molecule has 1 fully saturated rings. The van der Waals surface area contributed by atoms with Gasteiger partial charge < -0.3 is 19.7 Å². The first-order chi connectivity index (χ1) is 13.8. The molecule has 1 aromatic rings. The van der Waals surface area contributed by atoms with E-state index in [1.165, 1.54) is 17.8 Å². The second kappa shape index (κ2) is 7.09. The molecule has 8 heteroatoms. The van der Waals surface area contributed by atoms with Crippen LogP contribution >= 0.6 is 11.8 Å². The highest BCUT2D eigenvalue weighted by Crippen LogP contribution is 2.53. The molecule has 2 heterocycles. The smallest absolute Gasteiger partial charge is 0.399 e. The SMILES string of the molecule is CC1(C)CC2=C(CC(C(=O)Nc3cc(B4OC(C)(C)C(C)(C)O4)ccc3F)S2)C1O. The van der Waals surface area contributed by atoms with Crippen molar-refractivity contribution in [2.24, 2.45) is 5.41 Å².